The number of nitrogens with zero attached hydrogens (tertiary/aromatic N) is 3. The van der Waals surface area contributed by atoms with Gasteiger partial charge in [0.25, 0.3) is 16.0 Å². The quantitative estimate of drug-likeness (QED) is 0.563. The average Bonchev–Trinajstić information content (AvgIpc) is 2.75. The molecule has 7 nitrogen and oxygen atoms in total. The molecule has 1 heterocycles. The first-order valence-electron chi connectivity index (χ1n) is 9.80. The van der Waals surface area contributed by atoms with E-state index in [0.29, 0.717) is 11.4 Å². The lowest BCUT2D eigenvalue weighted by molar-refractivity contribution is 0.0995. The van der Waals surface area contributed by atoms with Crippen LogP contribution in [0.4, 0.5) is 22.7 Å². The summed E-state index contributed by atoms with van der Waals surface area (Å²) in [7, 11) is 3.08. The topological polar surface area (TPSA) is 81.2 Å². The number of para-hydroxylation sites is 1. The van der Waals surface area contributed by atoms with E-state index in [9.17, 15) is 17.8 Å². The minimum Gasteiger partial charge on any atom is -0.376 e. The van der Waals surface area contributed by atoms with Crippen LogP contribution in [-0.4, -0.2) is 47.1 Å². The highest BCUT2D eigenvalue weighted by Gasteiger charge is 2.35. The molecule has 0 saturated heterocycles. The predicted molar refractivity (Wildman–Crippen MR) is 128 cm³/mol. The van der Waals surface area contributed by atoms with E-state index < -0.39 is 20.9 Å². The van der Waals surface area contributed by atoms with Gasteiger partial charge in [-0.2, -0.15) is 8.42 Å². The number of amides is 1. The van der Waals surface area contributed by atoms with Gasteiger partial charge in [0, 0.05) is 38.0 Å². The van der Waals surface area contributed by atoms with Crippen LogP contribution in [-0.2, 0) is 10.1 Å². The van der Waals surface area contributed by atoms with Gasteiger partial charge >= 0.3 is 0 Å². The molecule has 166 valence electrons. The predicted octanol–water partition coefficient (Wildman–Crippen LogP) is 4.51. The number of hydrogen-bond acceptors (Lipinski definition) is 6. The van der Waals surface area contributed by atoms with Crippen molar-refractivity contribution in [2.75, 3.05) is 42.9 Å². The summed E-state index contributed by atoms with van der Waals surface area (Å²) in [6.45, 7) is 0. The van der Waals surface area contributed by atoms with Crippen molar-refractivity contribution in [1.29, 1.82) is 0 Å². The van der Waals surface area contributed by atoms with Gasteiger partial charge in [0.2, 0.25) is 0 Å². The SMILES string of the molecule is CN(C)c1ccc2c(c1N(C)C)N(C(=O)c1ccccc1S(=O)(=O)O)c1ccccc1S2. The molecule has 4 rings (SSSR count). The van der Waals surface area contributed by atoms with Gasteiger partial charge in [-0.3, -0.25) is 14.2 Å². The maximum atomic E-state index is 14.0. The van der Waals surface area contributed by atoms with E-state index in [1.807, 2.05) is 74.4 Å². The number of anilines is 4. The van der Waals surface area contributed by atoms with Gasteiger partial charge in [-0.25, -0.2) is 0 Å². The highest BCUT2D eigenvalue weighted by molar-refractivity contribution is 7.99. The van der Waals surface area contributed by atoms with Gasteiger partial charge in [-0.15, -0.1) is 0 Å². The molecule has 0 radical (unpaired) electrons. The Bertz CT molecular complexity index is 1320. The zero-order valence-electron chi connectivity index (χ0n) is 18.1. The van der Waals surface area contributed by atoms with Crippen LogP contribution in [0.2, 0.25) is 0 Å². The normalized spacial score (nSPS) is 12.7. The van der Waals surface area contributed by atoms with E-state index in [4.69, 9.17) is 0 Å². The first kappa shape index (κ1) is 22.2. The van der Waals surface area contributed by atoms with Crippen LogP contribution in [0.25, 0.3) is 0 Å². The van der Waals surface area contributed by atoms with Crippen LogP contribution in [0.5, 0.6) is 0 Å². The molecule has 1 amide bonds. The van der Waals surface area contributed by atoms with Crippen LogP contribution in [0, 0.1) is 0 Å². The summed E-state index contributed by atoms with van der Waals surface area (Å²) >= 11 is 1.55. The molecule has 0 bridgehead atoms. The van der Waals surface area contributed by atoms with Gasteiger partial charge in [-0.05, 0) is 36.4 Å². The van der Waals surface area contributed by atoms with E-state index in [2.05, 4.69) is 0 Å². The van der Waals surface area contributed by atoms with Crippen molar-refractivity contribution >= 4 is 50.5 Å². The molecular formula is C23H23N3O4S2. The van der Waals surface area contributed by atoms with Gasteiger partial charge in [0.15, 0.2) is 0 Å². The molecule has 0 unspecified atom stereocenters. The Balaban J connectivity index is 2.04. The monoisotopic (exact) mass is 469 g/mol. The van der Waals surface area contributed by atoms with Crippen molar-refractivity contribution in [3.05, 3.63) is 66.2 Å². The molecule has 0 fully saturated rings. The fraction of sp³-hybridized carbons (Fsp3) is 0.174. The van der Waals surface area contributed by atoms with Gasteiger partial charge < -0.3 is 9.80 Å². The maximum absolute atomic E-state index is 14.0. The van der Waals surface area contributed by atoms with Crippen LogP contribution in [0.3, 0.4) is 0 Å². The Kier molecular flexibility index (Phi) is 5.66. The Labute approximate surface area is 192 Å². The number of rotatable bonds is 4. The molecule has 3 aromatic rings. The lowest BCUT2D eigenvalue weighted by atomic mass is 10.1. The molecule has 1 aliphatic rings. The number of carbonyl (C=O) groups is 1. The summed E-state index contributed by atoms with van der Waals surface area (Å²) in [6.07, 6.45) is 0. The van der Waals surface area contributed by atoms with E-state index in [-0.39, 0.29) is 5.56 Å². The summed E-state index contributed by atoms with van der Waals surface area (Å²) in [4.78, 5) is 20.7. The second kappa shape index (κ2) is 8.16. The number of hydrogen-bond donors (Lipinski definition) is 1. The van der Waals surface area contributed by atoms with Gasteiger partial charge in [0.05, 0.1) is 28.3 Å². The highest BCUT2D eigenvalue weighted by Crippen LogP contribution is 2.54. The summed E-state index contributed by atoms with van der Waals surface area (Å²) in [5.74, 6) is -0.536. The van der Waals surface area contributed by atoms with Crippen LogP contribution >= 0.6 is 11.8 Å². The number of benzene rings is 3. The molecule has 32 heavy (non-hydrogen) atoms. The van der Waals surface area contributed by atoms with Gasteiger partial charge in [-0.1, -0.05) is 36.0 Å². The fourth-order valence-corrected chi connectivity index (χ4v) is 5.57. The second-order valence-electron chi connectivity index (χ2n) is 7.75. The smallest absolute Gasteiger partial charge is 0.295 e. The van der Waals surface area contributed by atoms with Crippen molar-refractivity contribution in [2.45, 2.75) is 14.7 Å². The van der Waals surface area contributed by atoms with E-state index >= 15 is 0 Å². The third kappa shape index (κ3) is 3.72. The van der Waals surface area contributed by atoms with Crippen molar-refractivity contribution < 1.29 is 17.8 Å². The Morgan fingerprint density at radius 2 is 1.53 bits per heavy atom. The molecule has 0 aromatic heterocycles. The van der Waals surface area contributed by atoms with Crippen molar-refractivity contribution in [2.24, 2.45) is 0 Å². The summed E-state index contributed by atoms with van der Waals surface area (Å²) in [6, 6.07) is 17.2. The molecule has 1 aliphatic heterocycles. The zero-order valence-corrected chi connectivity index (χ0v) is 19.7. The zero-order chi connectivity index (χ0) is 23.2. The first-order valence-corrected chi connectivity index (χ1v) is 12.1. The molecule has 0 spiro atoms. The fourth-order valence-electron chi connectivity index (χ4n) is 3.82. The van der Waals surface area contributed by atoms with Crippen molar-refractivity contribution in [3.63, 3.8) is 0 Å². The maximum Gasteiger partial charge on any atom is 0.295 e. The highest BCUT2D eigenvalue weighted by atomic mass is 32.2. The summed E-state index contributed by atoms with van der Waals surface area (Å²) in [5, 5.41) is 0. The largest absolute Gasteiger partial charge is 0.376 e. The third-order valence-electron chi connectivity index (χ3n) is 5.17. The molecule has 3 aromatic carbocycles. The Morgan fingerprint density at radius 1 is 0.875 bits per heavy atom. The summed E-state index contributed by atoms with van der Waals surface area (Å²) < 4.78 is 33.8. The van der Waals surface area contributed by atoms with Crippen LogP contribution in [0.1, 0.15) is 10.4 Å². The Hall–Kier alpha value is -3.01. The standard InChI is InChI=1S/C23H23N3O4S2/c1-24(2)17-13-14-19-22(21(17)25(3)4)26(16-10-6-7-11-18(16)31-19)23(27)15-9-5-8-12-20(15)32(28,29)30/h5-14H,1-4H3,(H,28,29,30). The molecule has 9 heteroatoms. The van der Waals surface area contributed by atoms with Gasteiger partial charge in [0.1, 0.15) is 4.90 Å². The van der Waals surface area contributed by atoms with Crippen molar-refractivity contribution in [1.82, 2.24) is 0 Å². The molecule has 0 atom stereocenters. The molecule has 0 aliphatic carbocycles. The Morgan fingerprint density at radius 3 is 2.19 bits per heavy atom. The minimum absolute atomic E-state index is 0.0948. The number of fused-ring (bicyclic) bond motifs is 2. The minimum atomic E-state index is -4.59. The second-order valence-corrected chi connectivity index (χ2v) is 10.2. The molecule has 0 saturated carbocycles. The lowest BCUT2D eigenvalue weighted by Crippen LogP contribution is -2.32. The van der Waals surface area contributed by atoms with E-state index in [0.717, 1.165) is 21.2 Å². The summed E-state index contributed by atoms with van der Waals surface area (Å²) in [5.41, 5.74) is 2.96. The molecule has 1 N–H and O–H groups in total. The lowest BCUT2D eigenvalue weighted by Gasteiger charge is -2.36. The van der Waals surface area contributed by atoms with E-state index in [1.165, 1.54) is 18.2 Å². The first-order chi connectivity index (χ1) is 15.1. The number of carbonyl (C=O) groups excluding carboxylic acids is 1. The van der Waals surface area contributed by atoms with Crippen molar-refractivity contribution in [3.8, 4) is 0 Å². The third-order valence-corrected chi connectivity index (χ3v) is 7.20. The van der Waals surface area contributed by atoms with E-state index in [1.54, 1.807) is 22.7 Å². The van der Waals surface area contributed by atoms with Crippen LogP contribution in [0.15, 0.2) is 75.4 Å². The van der Waals surface area contributed by atoms with Crippen LogP contribution < -0.4 is 14.7 Å². The average molecular weight is 470 g/mol. The molecular weight excluding hydrogens is 446 g/mol.